The molecule has 32 heavy (non-hydrogen) atoms. The van der Waals surface area contributed by atoms with E-state index in [-0.39, 0.29) is 12.1 Å². The maximum atomic E-state index is 13.6. The van der Waals surface area contributed by atoms with Gasteiger partial charge >= 0.3 is 6.03 Å². The maximum absolute atomic E-state index is 13.6. The van der Waals surface area contributed by atoms with Crippen LogP contribution in [0.1, 0.15) is 45.3 Å². The number of methoxy groups -OCH3 is 1. The Labute approximate surface area is 198 Å². The van der Waals surface area contributed by atoms with Gasteiger partial charge in [-0.25, -0.2) is 4.79 Å². The minimum Gasteiger partial charge on any atom is -0.496 e. The summed E-state index contributed by atoms with van der Waals surface area (Å²) in [5.41, 5.74) is 4.93. The molecular weight excluding hydrogens is 436 g/mol. The molecule has 1 unspecified atom stereocenters. The first kappa shape index (κ1) is 21.4. The molecule has 0 saturated carbocycles. The molecule has 0 radical (unpaired) electrons. The molecule has 1 aliphatic carbocycles. The van der Waals surface area contributed by atoms with E-state index in [0.29, 0.717) is 6.54 Å². The minimum atomic E-state index is -0.130. The fourth-order valence-electron chi connectivity index (χ4n) is 4.97. The van der Waals surface area contributed by atoms with Crippen molar-refractivity contribution >= 4 is 34.8 Å². The molecule has 2 heterocycles. The van der Waals surface area contributed by atoms with E-state index in [2.05, 4.69) is 17.4 Å². The van der Waals surface area contributed by atoms with Gasteiger partial charge in [-0.1, -0.05) is 24.3 Å². The van der Waals surface area contributed by atoms with Crippen LogP contribution in [0, 0.1) is 0 Å². The Bertz CT molecular complexity index is 1140. The predicted molar refractivity (Wildman–Crippen MR) is 133 cm³/mol. The van der Waals surface area contributed by atoms with E-state index in [1.807, 2.05) is 58.9 Å². The van der Waals surface area contributed by atoms with Gasteiger partial charge in [-0.3, -0.25) is 0 Å². The number of hydrogen-bond acceptors (Lipinski definition) is 4. The summed E-state index contributed by atoms with van der Waals surface area (Å²) in [6, 6.07) is 16.0. The quantitative estimate of drug-likeness (QED) is 0.446. The van der Waals surface area contributed by atoms with Crippen LogP contribution in [0.3, 0.4) is 0 Å². The minimum absolute atomic E-state index is 0.0591. The number of carbonyl (C=O) groups excluding carboxylic acids is 1. The van der Waals surface area contributed by atoms with Gasteiger partial charge in [0, 0.05) is 32.4 Å². The topological polar surface area (TPSA) is 41.6 Å². The van der Waals surface area contributed by atoms with Gasteiger partial charge in [0.05, 0.1) is 13.2 Å². The molecule has 1 aliphatic heterocycles. The van der Waals surface area contributed by atoms with E-state index in [9.17, 15) is 4.79 Å². The fraction of sp³-hybridized carbons (Fsp3) is 0.346. The van der Waals surface area contributed by atoms with Crippen LogP contribution in [0.5, 0.6) is 5.75 Å². The molecular formula is C26H28N2O2S2. The Hall–Kier alpha value is -2.44. The van der Waals surface area contributed by atoms with Crippen molar-refractivity contribution in [3.05, 3.63) is 75.0 Å². The van der Waals surface area contributed by atoms with Crippen molar-refractivity contribution in [2.45, 2.75) is 43.0 Å². The van der Waals surface area contributed by atoms with Crippen LogP contribution in [0.25, 0.3) is 0 Å². The van der Waals surface area contributed by atoms with Crippen LogP contribution in [0.4, 0.5) is 10.5 Å². The third-order valence-electron chi connectivity index (χ3n) is 6.49. The first-order chi connectivity index (χ1) is 15.7. The molecule has 1 atom stereocenters. The number of urea groups is 1. The van der Waals surface area contributed by atoms with E-state index in [1.165, 1.54) is 41.0 Å². The predicted octanol–water partition coefficient (Wildman–Crippen LogP) is 6.54. The summed E-state index contributed by atoms with van der Waals surface area (Å²) < 4.78 is 5.74. The summed E-state index contributed by atoms with van der Waals surface area (Å²) in [7, 11) is 1.71. The van der Waals surface area contributed by atoms with Crippen LogP contribution in [0.2, 0.25) is 0 Å². The second kappa shape index (κ2) is 9.20. The molecule has 0 spiro atoms. The Morgan fingerprint density at radius 3 is 2.78 bits per heavy atom. The molecule has 166 valence electrons. The number of benzene rings is 2. The molecule has 4 nitrogen and oxygen atoms in total. The van der Waals surface area contributed by atoms with Crippen LogP contribution in [-0.4, -0.2) is 30.8 Å². The molecule has 1 aromatic heterocycles. The standard InChI is InChI=1S/C26H28N2O2S2/c1-30-22-12-5-3-11-21(22)24-25-20(19-10-4-6-13-23(19)32-25)14-15-28(24)26(29)27-17-8-7-9-18(16-17)31-2/h3,5,7-9,11-12,16,24H,4,6,10,13-15H2,1-2H3,(H,27,29). The lowest BCUT2D eigenvalue weighted by molar-refractivity contribution is 0.194. The zero-order valence-electron chi connectivity index (χ0n) is 18.5. The van der Waals surface area contributed by atoms with E-state index in [0.717, 1.165) is 28.3 Å². The van der Waals surface area contributed by atoms with E-state index in [1.54, 1.807) is 24.4 Å². The maximum Gasteiger partial charge on any atom is 0.322 e. The number of carbonyl (C=O) groups is 1. The third-order valence-corrected chi connectivity index (χ3v) is 8.60. The Balaban J connectivity index is 1.55. The van der Waals surface area contributed by atoms with Gasteiger partial charge < -0.3 is 15.0 Å². The van der Waals surface area contributed by atoms with Crippen LogP contribution in [-0.2, 0) is 19.3 Å². The van der Waals surface area contributed by atoms with Crippen molar-refractivity contribution in [3.63, 3.8) is 0 Å². The summed E-state index contributed by atoms with van der Waals surface area (Å²) in [5, 5.41) is 3.15. The number of aryl methyl sites for hydroxylation is 1. The number of hydrogen-bond donors (Lipinski definition) is 1. The molecule has 2 aliphatic rings. The SMILES string of the molecule is COc1ccccc1C1c2sc3c(c2CCN1C(=O)Nc1cccc(SC)c1)CCCC3. The largest absolute Gasteiger partial charge is 0.496 e. The highest BCUT2D eigenvalue weighted by Gasteiger charge is 2.37. The zero-order chi connectivity index (χ0) is 22.1. The molecule has 0 bridgehead atoms. The van der Waals surface area contributed by atoms with E-state index >= 15 is 0 Å². The van der Waals surface area contributed by atoms with Gasteiger partial charge in [-0.2, -0.15) is 0 Å². The van der Waals surface area contributed by atoms with Crippen molar-refractivity contribution in [1.29, 1.82) is 0 Å². The zero-order valence-corrected chi connectivity index (χ0v) is 20.2. The molecule has 3 aromatic rings. The van der Waals surface area contributed by atoms with Gasteiger partial charge in [0.2, 0.25) is 0 Å². The van der Waals surface area contributed by atoms with Crippen molar-refractivity contribution in [1.82, 2.24) is 4.90 Å². The first-order valence-corrected chi connectivity index (χ1v) is 13.2. The lowest BCUT2D eigenvalue weighted by Gasteiger charge is -2.37. The van der Waals surface area contributed by atoms with Gasteiger partial charge in [0.25, 0.3) is 0 Å². The van der Waals surface area contributed by atoms with E-state index < -0.39 is 0 Å². The number of nitrogens with zero attached hydrogens (tertiary/aromatic N) is 1. The third kappa shape index (κ3) is 3.90. The number of nitrogens with one attached hydrogen (secondary N) is 1. The molecule has 0 fully saturated rings. The second-order valence-corrected chi connectivity index (χ2v) is 10.3. The van der Waals surface area contributed by atoms with Crippen LogP contribution >= 0.6 is 23.1 Å². The van der Waals surface area contributed by atoms with Crippen molar-refractivity contribution in [2.24, 2.45) is 0 Å². The van der Waals surface area contributed by atoms with Gasteiger partial charge in [-0.15, -0.1) is 23.1 Å². The lowest BCUT2D eigenvalue weighted by atomic mass is 9.88. The van der Waals surface area contributed by atoms with Crippen molar-refractivity contribution in [3.8, 4) is 5.75 Å². The highest BCUT2D eigenvalue weighted by atomic mass is 32.2. The lowest BCUT2D eigenvalue weighted by Crippen LogP contribution is -2.42. The summed E-state index contributed by atoms with van der Waals surface area (Å²) in [6.45, 7) is 0.701. The van der Waals surface area contributed by atoms with Crippen LogP contribution in [0.15, 0.2) is 53.4 Å². The van der Waals surface area contributed by atoms with Crippen molar-refractivity contribution in [2.75, 3.05) is 25.2 Å². The smallest absolute Gasteiger partial charge is 0.322 e. The summed E-state index contributed by atoms with van der Waals surface area (Å²) >= 11 is 3.59. The number of fused-ring (bicyclic) bond motifs is 3. The number of thioether (sulfide) groups is 1. The number of rotatable bonds is 4. The molecule has 2 aromatic carbocycles. The Kier molecular flexibility index (Phi) is 6.15. The van der Waals surface area contributed by atoms with E-state index in [4.69, 9.17) is 4.74 Å². The number of thiophene rings is 1. The Morgan fingerprint density at radius 2 is 1.94 bits per heavy atom. The highest BCUT2D eigenvalue weighted by Crippen LogP contribution is 2.46. The van der Waals surface area contributed by atoms with Gasteiger partial charge in [0.1, 0.15) is 5.75 Å². The average molecular weight is 465 g/mol. The molecule has 5 rings (SSSR count). The molecule has 0 saturated heterocycles. The van der Waals surface area contributed by atoms with Crippen molar-refractivity contribution < 1.29 is 9.53 Å². The normalized spacial score (nSPS) is 17.4. The summed E-state index contributed by atoms with van der Waals surface area (Å²) in [6.07, 6.45) is 7.84. The highest BCUT2D eigenvalue weighted by molar-refractivity contribution is 7.98. The molecule has 6 heteroatoms. The first-order valence-electron chi connectivity index (χ1n) is 11.2. The monoisotopic (exact) mass is 464 g/mol. The van der Waals surface area contributed by atoms with Gasteiger partial charge in [0.15, 0.2) is 0 Å². The number of para-hydroxylation sites is 1. The molecule has 1 N–H and O–H groups in total. The second-order valence-electron chi connectivity index (χ2n) is 8.30. The summed E-state index contributed by atoms with van der Waals surface area (Å²) in [4.78, 5) is 19.5. The van der Waals surface area contributed by atoms with Gasteiger partial charge in [-0.05, 0) is 73.8 Å². The molecule has 2 amide bonds. The summed E-state index contributed by atoms with van der Waals surface area (Å²) in [5.74, 6) is 0.832. The average Bonchev–Trinajstić information content (AvgIpc) is 3.22. The number of ether oxygens (including phenoxy) is 1. The Morgan fingerprint density at radius 1 is 1.09 bits per heavy atom. The number of amides is 2. The van der Waals surface area contributed by atoms with Crippen LogP contribution < -0.4 is 10.1 Å². The fourth-order valence-corrected chi connectivity index (χ4v) is 7.00. The number of anilines is 1.